The zero-order valence-electron chi connectivity index (χ0n) is 6.70. The summed E-state index contributed by atoms with van der Waals surface area (Å²) in [4.78, 5) is 50.9. The van der Waals surface area contributed by atoms with E-state index >= 15 is 0 Å². The molecule has 0 spiro atoms. The van der Waals surface area contributed by atoms with Gasteiger partial charge in [0.25, 0.3) is 0 Å². The van der Waals surface area contributed by atoms with Crippen molar-refractivity contribution in [2.75, 3.05) is 0 Å². The second-order valence-electron chi connectivity index (χ2n) is 0.447. The first-order chi connectivity index (χ1) is 3.46. The van der Waals surface area contributed by atoms with Crippen molar-refractivity contribution in [3.8, 4) is 0 Å². The van der Waals surface area contributed by atoms with Gasteiger partial charge in [0.1, 0.15) is 0 Å². The van der Waals surface area contributed by atoms with Gasteiger partial charge in [-0.2, -0.15) is 0 Å². The quantitative estimate of drug-likeness (QED) is 0.301. The largest absolute Gasteiger partial charge is 3.00 e. The molecule has 6 nitrogen and oxygen atoms in total. The van der Waals surface area contributed by atoms with E-state index in [0.717, 1.165) is 0 Å². The molecule has 0 saturated heterocycles. The van der Waals surface area contributed by atoms with Crippen LogP contribution in [0.4, 0.5) is 0 Å². The number of hydrogen-bond acceptors (Lipinski definition) is 6. The van der Waals surface area contributed by atoms with Crippen LogP contribution in [0.25, 0.3) is 0 Å². The molecule has 0 fully saturated rings. The summed E-state index contributed by atoms with van der Waals surface area (Å²) in [7, 11) is -6.74. The Labute approximate surface area is 119 Å². The minimum absolute atomic E-state index is 0. The first-order valence-corrected chi connectivity index (χ1v) is 3.29. The maximum Gasteiger partial charge on any atom is 3.00 e. The Morgan fingerprint density at radius 2 is 0.500 bits per heavy atom. The van der Waals surface area contributed by atoms with Crippen molar-refractivity contribution in [1.29, 1.82) is 0 Å². The molecule has 0 unspecified atom stereocenters. The van der Waals surface area contributed by atoms with Crippen molar-refractivity contribution in [1.82, 2.24) is 0 Å². The van der Waals surface area contributed by atoms with Crippen LogP contribution in [0.3, 0.4) is 0 Å². The molecule has 0 aromatic heterocycles. The molecule has 0 bridgehead atoms. The molecule has 0 aromatic carbocycles. The van der Waals surface area contributed by atoms with Crippen LogP contribution in [0.2, 0.25) is 0 Å². The van der Waals surface area contributed by atoms with Crippen LogP contribution in [-0.2, 0) is 17.1 Å². The molecule has 0 N–H and O–H groups in total. The molecular weight excluding hydrogens is 235 g/mol. The van der Waals surface area contributed by atoms with E-state index in [1.807, 2.05) is 0 Å². The standard InChI is InChI=1S/Fe.3Li.2O3P/c;;;;2*1-4(2)3/q+3;3*+1;2*-3. The molecule has 0 atom stereocenters. The molecule has 0 aliphatic heterocycles. The Morgan fingerprint density at radius 3 is 0.500 bits per heavy atom. The molecule has 0 saturated carbocycles. The van der Waals surface area contributed by atoms with Crippen molar-refractivity contribution < 1.29 is 103 Å². The van der Waals surface area contributed by atoms with Gasteiger partial charge in [-0.15, -0.1) is 0 Å². The van der Waals surface area contributed by atoms with E-state index in [2.05, 4.69) is 0 Å². The fourth-order valence-corrected chi connectivity index (χ4v) is 0. The van der Waals surface area contributed by atoms with E-state index in [-0.39, 0.29) is 73.7 Å². The molecular formula is FeLi3O6P2. The van der Waals surface area contributed by atoms with Gasteiger partial charge in [-0.25, -0.2) is 0 Å². The number of rotatable bonds is 0. The van der Waals surface area contributed by atoms with Gasteiger partial charge in [-0.05, 0) is 0 Å². The van der Waals surface area contributed by atoms with Crippen LogP contribution in [0.5, 0.6) is 0 Å². The van der Waals surface area contributed by atoms with E-state index in [1.54, 1.807) is 0 Å². The Bertz CT molecular complexity index is 36.3. The van der Waals surface area contributed by atoms with Gasteiger partial charge in [0.15, 0.2) is 0 Å². The summed E-state index contributed by atoms with van der Waals surface area (Å²) >= 11 is 0. The van der Waals surface area contributed by atoms with Gasteiger partial charge >= 0.3 is 73.7 Å². The Morgan fingerprint density at radius 1 is 0.500 bits per heavy atom. The van der Waals surface area contributed by atoms with Crippen LogP contribution in [0.1, 0.15) is 0 Å². The van der Waals surface area contributed by atoms with E-state index in [1.165, 1.54) is 0 Å². The monoisotopic (exact) mass is 235 g/mol. The number of hydrogen-bond donors (Lipinski definition) is 0. The summed E-state index contributed by atoms with van der Waals surface area (Å²) in [6.45, 7) is 0. The minimum Gasteiger partial charge on any atom is -0.854 e. The maximum atomic E-state index is 8.48. The molecule has 1 radical (unpaired) electrons. The predicted molar refractivity (Wildman–Crippen MR) is 13.8 cm³/mol. The molecule has 0 aliphatic carbocycles. The molecule has 12 heavy (non-hydrogen) atoms. The summed E-state index contributed by atoms with van der Waals surface area (Å²) in [6.07, 6.45) is 0. The van der Waals surface area contributed by atoms with Crippen LogP contribution in [-0.4, -0.2) is 0 Å². The van der Waals surface area contributed by atoms with E-state index in [0.29, 0.717) is 0 Å². The van der Waals surface area contributed by atoms with E-state index in [4.69, 9.17) is 29.4 Å². The molecule has 0 aliphatic rings. The molecule has 0 rings (SSSR count). The SMILES string of the molecule is [Fe+3].[Li+].[Li+].[Li+].[O-]P([O-])[O-].[O-]P([O-])[O-]. The summed E-state index contributed by atoms with van der Waals surface area (Å²) in [6, 6.07) is 0. The second kappa shape index (κ2) is 29.2. The van der Waals surface area contributed by atoms with Gasteiger partial charge in [0.05, 0.1) is 0 Å². The third kappa shape index (κ3) is 214. The van der Waals surface area contributed by atoms with Gasteiger partial charge in [-0.3, -0.25) is 0 Å². The van der Waals surface area contributed by atoms with Crippen molar-refractivity contribution in [2.45, 2.75) is 0 Å². The van der Waals surface area contributed by atoms with E-state index < -0.39 is 17.2 Å². The summed E-state index contributed by atoms with van der Waals surface area (Å²) < 4.78 is 0. The Balaban J connectivity index is -0.0000000112. The third-order valence-corrected chi connectivity index (χ3v) is 0. The van der Waals surface area contributed by atoms with Gasteiger partial charge in [0.2, 0.25) is 0 Å². The molecule has 0 aromatic rings. The average Bonchev–Trinajstić information content (AvgIpc) is 1.25. The normalized spacial score (nSPS) is 6.00. The molecule has 0 amide bonds. The fourth-order valence-electron chi connectivity index (χ4n) is 0. The van der Waals surface area contributed by atoms with Crippen molar-refractivity contribution in [2.24, 2.45) is 0 Å². The van der Waals surface area contributed by atoms with Gasteiger partial charge in [-0.1, -0.05) is 0 Å². The van der Waals surface area contributed by atoms with Gasteiger partial charge in [0, 0.05) is 0 Å². The van der Waals surface area contributed by atoms with Crippen LogP contribution >= 0.6 is 17.2 Å². The molecule has 57 valence electrons. The fraction of sp³-hybridized carbons (Fsp3) is 0. The zero-order chi connectivity index (χ0) is 7.15. The van der Waals surface area contributed by atoms with Crippen LogP contribution < -0.4 is 85.9 Å². The molecule has 0 heterocycles. The Hall–Kier alpha value is 2.93. The summed E-state index contributed by atoms with van der Waals surface area (Å²) in [5.74, 6) is 0. The molecule has 12 heteroatoms. The van der Waals surface area contributed by atoms with Crippen molar-refractivity contribution >= 4 is 17.2 Å². The first-order valence-electron chi connectivity index (χ1n) is 1.10. The van der Waals surface area contributed by atoms with Crippen LogP contribution in [0, 0.1) is 0 Å². The third-order valence-electron chi connectivity index (χ3n) is 0. The minimum atomic E-state index is -3.37. The maximum absolute atomic E-state index is 8.48. The Kier molecular flexibility index (Phi) is 88.4. The average molecular weight is 235 g/mol. The summed E-state index contributed by atoms with van der Waals surface area (Å²) in [5, 5.41) is 0. The zero-order valence-corrected chi connectivity index (χ0v) is 9.59. The summed E-state index contributed by atoms with van der Waals surface area (Å²) in [5.41, 5.74) is 0. The van der Waals surface area contributed by atoms with Gasteiger partial charge < -0.3 is 46.6 Å². The smallest absolute Gasteiger partial charge is 0.854 e. The predicted octanol–water partition coefficient (Wildman–Crippen LogP) is -14.4. The second-order valence-corrected chi connectivity index (χ2v) is 1.34. The van der Waals surface area contributed by atoms with Crippen molar-refractivity contribution in [3.05, 3.63) is 0 Å². The van der Waals surface area contributed by atoms with Crippen LogP contribution in [0.15, 0.2) is 0 Å². The topological polar surface area (TPSA) is 138 Å². The van der Waals surface area contributed by atoms with E-state index in [9.17, 15) is 0 Å². The van der Waals surface area contributed by atoms with Crippen molar-refractivity contribution in [3.63, 3.8) is 0 Å². The first kappa shape index (κ1) is 36.3.